The second-order valence-electron chi connectivity index (χ2n) is 7.15. The van der Waals surface area contributed by atoms with Crippen molar-refractivity contribution in [1.29, 1.82) is 0 Å². The van der Waals surface area contributed by atoms with Gasteiger partial charge in [0.2, 0.25) is 5.91 Å². The van der Waals surface area contributed by atoms with Crippen LogP contribution in [0.1, 0.15) is 19.3 Å². The Morgan fingerprint density at radius 3 is 2.43 bits per heavy atom. The summed E-state index contributed by atoms with van der Waals surface area (Å²) in [6.07, 6.45) is 3.26. The maximum atomic E-state index is 13.3. The van der Waals surface area contributed by atoms with Crippen LogP contribution in [-0.4, -0.2) is 51.9 Å². The molecule has 1 saturated heterocycles. The molecule has 0 spiro atoms. The van der Waals surface area contributed by atoms with Gasteiger partial charge in [-0.3, -0.25) is 9.10 Å². The molecule has 30 heavy (non-hydrogen) atoms. The smallest absolute Gasteiger partial charge is 0.264 e. The van der Waals surface area contributed by atoms with Crippen molar-refractivity contribution in [2.75, 3.05) is 37.0 Å². The van der Waals surface area contributed by atoms with E-state index >= 15 is 0 Å². The van der Waals surface area contributed by atoms with E-state index in [1.165, 1.54) is 31.0 Å². The van der Waals surface area contributed by atoms with Gasteiger partial charge < -0.3 is 10.2 Å². The molecule has 0 aromatic heterocycles. The van der Waals surface area contributed by atoms with Crippen LogP contribution in [0.15, 0.2) is 53.4 Å². The van der Waals surface area contributed by atoms with Crippen LogP contribution < -0.4 is 9.62 Å². The normalized spacial score (nSPS) is 14.6. The molecular weight excluding hydrogens is 445 g/mol. The van der Waals surface area contributed by atoms with E-state index in [0.29, 0.717) is 6.54 Å². The molecule has 0 bridgehead atoms. The van der Waals surface area contributed by atoms with E-state index in [2.05, 4.69) is 10.2 Å². The Morgan fingerprint density at radius 2 is 1.73 bits per heavy atom. The van der Waals surface area contributed by atoms with Crippen molar-refractivity contribution in [1.82, 2.24) is 10.2 Å². The predicted molar refractivity (Wildman–Crippen MR) is 121 cm³/mol. The van der Waals surface area contributed by atoms with Gasteiger partial charge in [-0.05, 0) is 63.2 Å². The van der Waals surface area contributed by atoms with Gasteiger partial charge in [0.15, 0.2) is 0 Å². The lowest BCUT2D eigenvalue weighted by Crippen LogP contribution is -2.41. The van der Waals surface area contributed by atoms with Gasteiger partial charge in [0.1, 0.15) is 6.54 Å². The first kappa shape index (κ1) is 22.9. The highest BCUT2D eigenvalue weighted by Gasteiger charge is 2.29. The summed E-state index contributed by atoms with van der Waals surface area (Å²) in [5, 5.41) is 3.12. The molecule has 0 unspecified atom stereocenters. The molecule has 1 aliphatic rings. The fourth-order valence-corrected chi connectivity index (χ4v) is 5.33. The van der Waals surface area contributed by atoms with Gasteiger partial charge in [-0.25, -0.2) is 8.42 Å². The number of amides is 1. The molecule has 0 saturated carbocycles. The summed E-state index contributed by atoms with van der Waals surface area (Å²) in [6, 6.07) is 12.7. The summed E-state index contributed by atoms with van der Waals surface area (Å²) in [6.45, 7) is 3.22. The highest BCUT2D eigenvalue weighted by molar-refractivity contribution is 7.92. The molecule has 0 radical (unpaired) electrons. The number of hydrogen-bond donors (Lipinski definition) is 1. The van der Waals surface area contributed by atoms with Gasteiger partial charge in [0, 0.05) is 6.54 Å². The Hall–Kier alpha value is -1.80. The number of anilines is 1. The Labute approximate surface area is 187 Å². The topological polar surface area (TPSA) is 69.7 Å². The van der Waals surface area contributed by atoms with Crippen molar-refractivity contribution in [3.8, 4) is 0 Å². The molecule has 9 heteroatoms. The van der Waals surface area contributed by atoms with Crippen LogP contribution in [0.5, 0.6) is 0 Å². The van der Waals surface area contributed by atoms with Crippen LogP contribution >= 0.6 is 23.2 Å². The summed E-state index contributed by atoms with van der Waals surface area (Å²) in [7, 11) is -4.01. The first-order chi connectivity index (χ1) is 14.4. The fraction of sp³-hybridized carbons (Fsp3) is 0.381. The van der Waals surface area contributed by atoms with E-state index in [-0.39, 0.29) is 27.2 Å². The second-order valence-corrected chi connectivity index (χ2v) is 9.80. The maximum Gasteiger partial charge on any atom is 0.264 e. The van der Waals surface area contributed by atoms with Gasteiger partial charge in [-0.2, -0.15) is 0 Å². The lowest BCUT2D eigenvalue weighted by atomic mass is 10.3. The van der Waals surface area contributed by atoms with Gasteiger partial charge in [0.05, 0.1) is 20.6 Å². The first-order valence-corrected chi connectivity index (χ1v) is 12.1. The summed E-state index contributed by atoms with van der Waals surface area (Å²) < 4.78 is 27.6. The number of nitrogens with one attached hydrogen (secondary N) is 1. The van der Waals surface area contributed by atoms with Crippen molar-refractivity contribution in [2.45, 2.75) is 24.2 Å². The van der Waals surface area contributed by atoms with E-state index in [1.54, 1.807) is 30.3 Å². The lowest BCUT2D eigenvalue weighted by molar-refractivity contribution is -0.119. The number of halogens is 2. The van der Waals surface area contributed by atoms with Crippen LogP contribution in [0.2, 0.25) is 10.0 Å². The van der Waals surface area contributed by atoms with Crippen LogP contribution in [0, 0.1) is 0 Å². The quantitative estimate of drug-likeness (QED) is 0.567. The van der Waals surface area contributed by atoms with Crippen molar-refractivity contribution < 1.29 is 13.2 Å². The molecule has 1 N–H and O–H groups in total. The third kappa shape index (κ3) is 5.66. The Bertz CT molecular complexity index is 965. The average Bonchev–Trinajstić information content (AvgIpc) is 3.26. The molecule has 2 aromatic rings. The zero-order chi connectivity index (χ0) is 21.6. The predicted octanol–water partition coefficient (Wildman–Crippen LogP) is 3.79. The second kappa shape index (κ2) is 10.5. The number of hydrogen-bond acceptors (Lipinski definition) is 4. The number of likely N-dealkylation sites (tertiary alicyclic amines) is 1. The Kier molecular flexibility index (Phi) is 7.99. The molecule has 1 aliphatic heterocycles. The number of benzene rings is 2. The largest absolute Gasteiger partial charge is 0.354 e. The minimum atomic E-state index is -4.01. The monoisotopic (exact) mass is 469 g/mol. The highest BCUT2D eigenvalue weighted by Crippen LogP contribution is 2.35. The molecule has 162 valence electrons. The van der Waals surface area contributed by atoms with Crippen molar-refractivity contribution in [3.63, 3.8) is 0 Å². The first-order valence-electron chi connectivity index (χ1n) is 9.90. The number of sulfonamides is 1. The van der Waals surface area contributed by atoms with Gasteiger partial charge in [-0.15, -0.1) is 0 Å². The molecule has 0 atom stereocenters. The molecule has 6 nitrogen and oxygen atoms in total. The third-order valence-electron chi connectivity index (χ3n) is 4.99. The summed E-state index contributed by atoms with van der Waals surface area (Å²) in [5.41, 5.74) is 0.167. The molecule has 1 fully saturated rings. The van der Waals surface area contributed by atoms with Gasteiger partial charge >= 0.3 is 0 Å². The van der Waals surface area contributed by atoms with Crippen LogP contribution in [-0.2, 0) is 14.8 Å². The molecule has 1 heterocycles. The van der Waals surface area contributed by atoms with Crippen molar-refractivity contribution >= 4 is 44.8 Å². The molecule has 3 rings (SSSR count). The van der Waals surface area contributed by atoms with E-state index in [1.807, 2.05) is 0 Å². The minimum absolute atomic E-state index is 0.0721. The summed E-state index contributed by atoms with van der Waals surface area (Å²) in [5.74, 6) is -0.396. The zero-order valence-electron chi connectivity index (χ0n) is 16.6. The zero-order valence-corrected chi connectivity index (χ0v) is 18.9. The Morgan fingerprint density at radius 1 is 1.03 bits per heavy atom. The van der Waals surface area contributed by atoms with Gasteiger partial charge in [-0.1, -0.05) is 47.5 Å². The highest BCUT2D eigenvalue weighted by atomic mass is 35.5. The Balaban J connectivity index is 1.74. The van der Waals surface area contributed by atoms with E-state index in [0.717, 1.165) is 30.4 Å². The number of nitrogens with zero attached hydrogens (tertiary/aromatic N) is 2. The maximum absolute atomic E-state index is 13.3. The average molecular weight is 470 g/mol. The van der Waals surface area contributed by atoms with Crippen LogP contribution in [0.25, 0.3) is 0 Å². The molecule has 0 aliphatic carbocycles. The number of carbonyl (C=O) groups excluding carboxylic acids is 1. The summed E-state index contributed by atoms with van der Waals surface area (Å²) >= 11 is 12.4. The van der Waals surface area contributed by atoms with Crippen LogP contribution in [0.4, 0.5) is 5.69 Å². The van der Waals surface area contributed by atoms with E-state index < -0.39 is 15.9 Å². The van der Waals surface area contributed by atoms with Gasteiger partial charge in [0.25, 0.3) is 10.0 Å². The van der Waals surface area contributed by atoms with E-state index in [9.17, 15) is 13.2 Å². The SMILES string of the molecule is O=C(CN(c1cccc(Cl)c1Cl)S(=O)(=O)c1ccccc1)NCCCN1CCCC1. The summed E-state index contributed by atoms with van der Waals surface area (Å²) in [4.78, 5) is 15.0. The van der Waals surface area contributed by atoms with Crippen molar-refractivity contribution in [3.05, 3.63) is 58.6 Å². The minimum Gasteiger partial charge on any atom is -0.354 e. The number of rotatable bonds is 9. The lowest BCUT2D eigenvalue weighted by Gasteiger charge is -2.25. The number of carbonyl (C=O) groups is 1. The fourth-order valence-electron chi connectivity index (χ4n) is 3.43. The molecule has 1 amide bonds. The molecule has 2 aromatic carbocycles. The standard InChI is InChI=1S/C21H25Cl2N3O3S/c22-18-10-6-11-19(21(18)23)26(30(28,29)17-8-2-1-3-9-17)16-20(27)24-12-7-15-25-13-4-5-14-25/h1-3,6,8-11H,4-5,7,12-16H2,(H,24,27). The van der Waals surface area contributed by atoms with E-state index in [4.69, 9.17) is 23.2 Å². The van der Waals surface area contributed by atoms with Crippen LogP contribution in [0.3, 0.4) is 0 Å². The molecular formula is C21H25Cl2N3O3S. The third-order valence-corrected chi connectivity index (χ3v) is 7.57. The van der Waals surface area contributed by atoms with Crippen molar-refractivity contribution in [2.24, 2.45) is 0 Å².